The minimum atomic E-state index is -0.0876. The van der Waals surface area contributed by atoms with Crippen LogP contribution in [0.5, 0.6) is 0 Å². The maximum Gasteiger partial charge on any atom is 0.0545 e. The number of rotatable bonds is 0. The first kappa shape index (κ1) is 18.3. The van der Waals surface area contributed by atoms with Crippen LogP contribution < -0.4 is 5.73 Å². The van der Waals surface area contributed by atoms with Gasteiger partial charge >= 0.3 is 0 Å². The van der Waals surface area contributed by atoms with Crippen molar-refractivity contribution in [2.75, 3.05) is 0 Å². The fourth-order valence-electron chi connectivity index (χ4n) is 9.11. The molecule has 0 spiro atoms. The van der Waals surface area contributed by atoms with E-state index >= 15 is 0 Å². The molecular weight excluding hydrogens is 306 g/mol. The third-order valence-electron chi connectivity index (χ3n) is 12.0. The van der Waals surface area contributed by atoms with Crippen LogP contribution in [0.4, 0.5) is 0 Å². The van der Waals surface area contributed by atoms with Gasteiger partial charge in [0.05, 0.1) is 6.10 Å². The first-order valence-corrected chi connectivity index (χ1v) is 10.8. The molecule has 2 heteroatoms. The number of aliphatic hydroxyl groups is 1. The number of hydrogen-bond donors (Lipinski definition) is 2. The van der Waals surface area contributed by atoms with Gasteiger partial charge in [-0.25, -0.2) is 0 Å². The van der Waals surface area contributed by atoms with Gasteiger partial charge in [-0.3, -0.25) is 0 Å². The zero-order valence-corrected chi connectivity index (χ0v) is 17.5. The monoisotopic (exact) mass is 347 g/mol. The molecule has 0 aromatic heterocycles. The molecule has 0 radical (unpaired) electrons. The van der Waals surface area contributed by atoms with Crippen LogP contribution in [0.3, 0.4) is 0 Å². The molecule has 0 aromatic rings. The minimum Gasteiger partial charge on any atom is -0.393 e. The van der Waals surface area contributed by atoms with Crippen LogP contribution in [0.2, 0.25) is 0 Å². The Hall–Kier alpha value is -0.0800. The summed E-state index contributed by atoms with van der Waals surface area (Å²) in [7, 11) is 0. The summed E-state index contributed by atoms with van der Waals surface area (Å²) in [6.07, 6.45) is 10.8. The Morgan fingerprint density at radius 3 is 1.92 bits per heavy atom. The van der Waals surface area contributed by atoms with E-state index < -0.39 is 0 Å². The van der Waals surface area contributed by atoms with Gasteiger partial charge in [0.15, 0.2) is 0 Å². The van der Waals surface area contributed by atoms with Crippen LogP contribution in [0.25, 0.3) is 0 Å². The van der Waals surface area contributed by atoms with Gasteiger partial charge in [-0.2, -0.15) is 0 Å². The summed E-state index contributed by atoms with van der Waals surface area (Å²) in [5.41, 5.74) is 8.63. The summed E-state index contributed by atoms with van der Waals surface area (Å²) in [4.78, 5) is 0. The Balaban J connectivity index is 1.86. The molecule has 2 nitrogen and oxygen atoms in total. The standard InChI is InChI=1S/C23H41NO/c1-18-11-13-23(6)21(4)10-8-17(24)19(21,2)12-14-22(23,5)20(18,3)9-7-16(25)15-18/h16-17,25H,7-15,24H2,1-6H3/t16-,17+,18-,19+,20-,21+,22+,23-/m0/s1. The molecule has 0 unspecified atom stereocenters. The van der Waals surface area contributed by atoms with Crippen molar-refractivity contribution in [3.8, 4) is 0 Å². The van der Waals surface area contributed by atoms with Gasteiger partial charge in [0.25, 0.3) is 0 Å². The van der Waals surface area contributed by atoms with Crippen molar-refractivity contribution >= 4 is 0 Å². The lowest BCUT2D eigenvalue weighted by Crippen LogP contribution is -2.71. The lowest BCUT2D eigenvalue weighted by atomic mass is 9.27. The summed E-state index contributed by atoms with van der Waals surface area (Å²) in [6.45, 7) is 15.5. The average molecular weight is 348 g/mol. The molecule has 25 heavy (non-hydrogen) atoms. The first-order chi connectivity index (χ1) is 11.4. The molecule has 8 atom stereocenters. The van der Waals surface area contributed by atoms with E-state index in [9.17, 15) is 5.11 Å². The predicted octanol–water partition coefficient (Wildman–Crippen LogP) is 5.28. The van der Waals surface area contributed by atoms with E-state index in [-0.39, 0.29) is 11.5 Å². The van der Waals surface area contributed by atoms with Crippen LogP contribution in [0.1, 0.15) is 99.3 Å². The van der Waals surface area contributed by atoms with Crippen molar-refractivity contribution in [3.05, 3.63) is 0 Å². The molecule has 4 aliphatic rings. The normalized spacial score (nSPS) is 64.3. The second-order valence-corrected chi connectivity index (χ2v) is 11.8. The maximum atomic E-state index is 10.4. The SMILES string of the molecule is C[C@@]12CC[C@]3(C)[C@](C)(CC[C@]4(C)[C@H](N)CC[C@@]34C)[C@@]1(C)CC[C@H](O)C2. The van der Waals surface area contributed by atoms with Crippen LogP contribution in [-0.4, -0.2) is 17.3 Å². The molecule has 4 fully saturated rings. The highest BCUT2D eigenvalue weighted by Gasteiger charge is 2.76. The summed E-state index contributed by atoms with van der Waals surface area (Å²) in [6, 6.07) is 0.369. The lowest BCUT2D eigenvalue weighted by molar-refractivity contribution is -0.287. The Morgan fingerprint density at radius 1 is 0.680 bits per heavy atom. The molecule has 0 aromatic carbocycles. The van der Waals surface area contributed by atoms with Crippen LogP contribution in [0, 0.1) is 32.5 Å². The largest absolute Gasteiger partial charge is 0.393 e. The maximum absolute atomic E-state index is 10.4. The van der Waals surface area contributed by atoms with E-state index in [0.29, 0.717) is 33.1 Å². The van der Waals surface area contributed by atoms with Crippen LogP contribution in [0.15, 0.2) is 0 Å². The number of fused-ring (bicyclic) bond motifs is 5. The summed E-state index contributed by atoms with van der Waals surface area (Å²) >= 11 is 0. The second-order valence-electron chi connectivity index (χ2n) is 11.8. The molecule has 0 amide bonds. The minimum absolute atomic E-state index is 0.0876. The van der Waals surface area contributed by atoms with Gasteiger partial charge < -0.3 is 10.8 Å². The number of aliphatic hydroxyl groups excluding tert-OH is 1. The van der Waals surface area contributed by atoms with Gasteiger partial charge in [-0.15, -0.1) is 0 Å². The average Bonchev–Trinajstić information content (AvgIpc) is 2.79. The van der Waals surface area contributed by atoms with Crippen molar-refractivity contribution in [3.63, 3.8) is 0 Å². The molecule has 4 aliphatic carbocycles. The summed E-state index contributed by atoms with van der Waals surface area (Å²) in [5, 5.41) is 10.4. The van der Waals surface area contributed by atoms with Crippen molar-refractivity contribution in [1.82, 2.24) is 0 Å². The lowest BCUT2D eigenvalue weighted by Gasteiger charge is -2.77. The molecule has 0 bridgehead atoms. The third kappa shape index (κ3) is 1.71. The molecule has 0 saturated heterocycles. The van der Waals surface area contributed by atoms with E-state index in [1.54, 1.807) is 0 Å². The van der Waals surface area contributed by atoms with E-state index in [2.05, 4.69) is 41.5 Å². The predicted molar refractivity (Wildman–Crippen MR) is 104 cm³/mol. The number of nitrogens with two attached hydrogens (primary N) is 1. The zero-order valence-electron chi connectivity index (χ0n) is 17.5. The Bertz CT molecular complexity index is 591. The molecular formula is C23H41NO. The van der Waals surface area contributed by atoms with Crippen LogP contribution in [-0.2, 0) is 0 Å². The molecule has 0 aliphatic heterocycles. The highest BCUT2D eigenvalue weighted by molar-refractivity contribution is 5.25. The molecule has 4 rings (SSSR count). The second kappa shape index (κ2) is 4.85. The Labute approximate surface area is 155 Å². The molecule has 144 valence electrons. The fourth-order valence-corrected chi connectivity index (χ4v) is 9.11. The van der Waals surface area contributed by atoms with E-state index in [1.807, 2.05) is 0 Å². The van der Waals surface area contributed by atoms with Crippen molar-refractivity contribution in [2.24, 2.45) is 38.2 Å². The Kier molecular flexibility index (Phi) is 3.55. The fraction of sp³-hybridized carbons (Fsp3) is 1.00. The van der Waals surface area contributed by atoms with Crippen molar-refractivity contribution in [2.45, 2.75) is 111 Å². The smallest absolute Gasteiger partial charge is 0.0545 e. The molecule has 0 heterocycles. The summed E-state index contributed by atoms with van der Waals surface area (Å²) < 4.78 is 0. The van der Waals surface area contributed by atoms with Gasteiger partial charge in [0, 0.05) is 6.04 Å². The first-order valence-electron chi connectivity index (χ1n) is 10.8. The number of hydrogen-bond acceptors (Lipinski definition) is 2. The summed E-state index contributed by atoms with van der Waals surface area (Å²) in [5.74, 6) is 0. The Morgan fingerprint density at radius 2 is 1.24 bits per heavy atom. The quantitative estimate of drug-likeness (QED) is 0.626. The molecule has 3 N–H and O–H groups in total. The van der Waals surface area contributed by atoms with Crippen molar-refractivity contribution < 1.29 is 5.11 Å². The molecule has 4 saturated carbocycles. The van der Waals surface area contributed by atoms with E-state index in [0.717, 1.165) is 12.8 Å². The van der Waals surface area contributed by atoms with E-state index in [4.69, 9.17) is 5.73 Å². The zero-order chi connectivity index (χ0) is 18.5. The topological polar surface area (TPSA) is 46.2 Å². The van der Waals surface area contributed by atoms with Crippen LogP contribution >= 0.6 is 0 Å². The van der Waals surface area contributed by atoms with Gasteiger partial charge in [0.2, 0.25) is 0 Å². The van der Waals surface area contributed by atoms with Gasteiger partial charge in [0.1, 0.15) is 0 Å². The highest BCUT2D eigenvalue weighted by Crippen LogP contribution is 2.82. The third-order valence-corrected chi connectivity index (χ3v) is 12.0. The van der Waals surface area contributed by atoms with Crippen molar-refractivity contribution in [1.29, 1.82) is 0 Å². The van der Waals surface area contributed by atoms with Gasteiger partial charge in [-0.05, 0) is 90.3 Å². The van der Waals surface area contributed by atoms with Gasteiger partial charge in [-0.1, -0.05) is 41.5 Å². The van der Waals surface area contributed by atoms with E-state index in [1.165, 1.54) is 44.9 Å². The highest BCUT2D eigenvalue weighted by atomic mass is 16.3.